The third-order valence-electron chi connectivity index (χ3n) is 4.44. The van der Waals surface area contributed by atoms with Crippen molar-refractivity contribution in [2.75, 3.05) is 38.2 Å². The monoisotopic (exact) mass is 343 g/mol. The minimum absolute atomic E-state index is 0.0474. The van der Waals surface area contributed by atoms with Crippen LogP contribution < -0.4 is 4.90 Å². The van der Waals surface area contributed by atoms with Crippen LogP contribution in [0.15, 0.2) is 36.9 Å². The van der Waals surface area contributed by atoms with Crippen LogP contribution in [0.5, 0.6) is 0 Å². The summed E-state index contributed by atoms with van der Waals surface area (Å²) in [5, 5.41) is 4.03. The second kappa shape index (κ2) is 7.33. The smallest absolute Gasteiger partial charge is 0.337 e. The molecule has 1 atom stereocenters. The number of rotatable bonds is 4. The van der Waals surface area contributed by atoms with Gasteiger partial charge in [0.2, 0.25) is 5.91 Å². The molecule has 132 valence electrons. The molecule has 1 amide bonds. The average Bonchev–Trinajstić information content (AvgIpc) is 3.21. The molecule has 8 nitrogen and oxygen atoms in total. The Kier molecular flexibility index (Phi) is 4.97. The fourth-order valence-corrected chi connectivity index (χ4v) is 2.91. The van der Waals surface area contributed by atoms with Crippen LogP contribution in [0.3, 0.4) is 0 Å². The van der Waals surface area contributed by atoms with Crippen molar-refractivity contribution in [2.24, 2.45) is 0 Å². The number of ether oxygens (including phenoxy) is 1. The molecule has 0 radical (unpaired) electrons. The van der Waals surface area contributed by atoms with Crippen molar-refractivity contribution >= 4 is 17.6 Å². The Morgan fingerprint density at radius 3 is 2.36 bits per heavy atom. The molecule has 2 heterocycles. The van der Waals surface area contributed by atoms with Gasteiger partial charge in [0.1, 0.15) is 18.7 Å². The third-order valence-corrected chi connectivity index (χ3v) is 4.44. The molecule has 1 aliphatic heterocycles. The quantitative estimate of drug-likeness (QED) is 0.770. The highest BCUT2D eigenvalue weighted by atomic mass is 16.5. The summed E-state index contributed by atoms with van der Waals surface area (Å²) in [5.74, 6) is -0.296. The zero-order valence-corrected chi connectivity index (χ0v) is 14.3. The second-order valence-corrected chi connectivity index (χ2v) is 5.90. The predicted octanol–water partition coefficient (Wildman–Crippen LogP) is 0.974. The first kappa shape index (κ1) is 16.9. The Labute approximate surface area is 146 Å². The third kappa shape index (κ3) is 3.62. The zero-order chi connectivity index (χ0) is 17.8. The van der Waals surface area contributed by atoms with E-state index in [-0.39, 0.29) is 17.9 Å². The molecule has 2 aromatic rings. The highest BCUT2D eigenvalue weighted by Crippen LogP contribution is 2.19. The lowest BCUT2D eigenvalue weighted by molar-refractivity contribution is -0.134. The van der Waals surface area contributed by atoms with Crippen molar-refractivity contribution in [2.45, 2.75) is 13.0 Å². The molecule has 1 aromatic heterocycles. The number of hydrogen-bond donors (Lipinski definition) is 0. The summed E-state index contributed by atoms with van der Waals surface area (Å²) >= 11 is 0. The summed E-state index contributed by atoms with van der Waals surface area (Å²) in [5.41, 5.74) is 1.56. The molecule has 0 spiro atoms. The molecule has 1 aliphatic rings. The number of carbonyl (C=O) groups is 2. The standard InChI is InChI=1S/C17H21N5O3/c1-13(22-12-18-11-19-22)16(23)21-9-7-20(8-10-21)15-5-3-14(4-6-15)17(24)25-2/h3-6,11-13H,7-10H2,1-2H3/t13-/m1/s1. The number of esters is 1. The molecule has 8 heteroatoms. The van der Waals surface area contributed by atoms with Crippen LogP contribution in [0.4, 0.5) is 5.69 Å². The fraction of sp³-hybridized carbons (Fsp3) is 0.412. The van der Waals surface area contributed by atoms with Crippen molar-refractivity contribution < 1.29 is 14.3 Å². The molecule has 1 aromatic carbocycles. The first-order valence-corrected chi connectivity index (χ1v) is 8.16. The number of carbonyl (C=O) groups excluding carboxylic acids is 2. The molecular weight excluding hydrogens is 322 g/mol. The van der Waals surface area contributed by atoms with Gasteiger partial charge in [0.05, 0.1) is 12.7 Å². The predicted molar refractivity (Wildman–Crippen MR) is 91.3 cm³/mol. The number of anilines is 1. The molecule has 1 saturated heterocycles. The van der Waals surface area contributed by atoms with Gasteiger partial charge in [-0.1, -0.05) is 0 Å². The Balaban J connectivity index is 1.58. The Morgan fingerprint density at radius 1 is 1.12 bits per heavy atom. The Hall–Kier alpha value is -2.90. The van der Waals surface area contributed by atoms with Gasteiger partial charge in [-0.25, -0.2) is 14.5 Å². The SMILES string of the molecule is COC(=O)c1ccc(N2CCN(C(=O)[C@@H](C)n3cncn3)CC2)cc1. The van der Waals surface area contributed by atoms with Gasteiger partial charge in [-0.15, -0.1) is 0 Å². The number of aromatic nitrogens is 3. The average molecular weight is 343 g/mol. The second-order valence-electron chi connectivity index (χ2n) is 5.90. The van der Waals surface area contributed by atoms with Gasteiger partial charge >= 0.3 is 5.97 Å². The number of piperazine rings is 1. The molecule has 0 unspecified atom stereocenters. The van der Waals surface area contributed by atoms with Gasteiger partial charge in [-0.3, -0.25) is 4.79 Å². The van der Waals surface area contributed by atoms with Gasteiger partial charge in [0.15, 0.2) is 0 Å². The van der Waals surface area contributed by atoms with Gasteiger partial charge in [0, 0.05) is 31.9 Å². The topological polar surface area (TPSA) is 80.6 Å². The number of amides is 1. The van der Waals surface area contributed by atoms with Crippen LogP contribution in [-0.2, 0) is 9.53 Å². The Bertz CT molecular complexity index is 721. The van der Waals surface area contributed by atoms with Crippen LogP contribution in [0.1, 0.15) is 23.3 Å². The summed E-state index contributed by atoms with van der Waals surface area (Å²) in [6, 6.07) is 6.97. The summed E-state index contributed by atoms with van der Waals surface area (Å²) in [6.45, 7) is 4.61. The van der Waals surface area contributed by atoms with Crippen LogP contribution in [0.2, 0.25) is 0 Å². The lowest BCUT2D eigenvalue weighted by Crippen LogP contribution is -2.50. The zero-order valence-electron chi connectivity index (χ0n) is 14.3. The first-order valence-electron chi connectivity index (χ1n) is 8.16. The minimum atomic E-state index is -0.353. The molecule has 0 saturated carbocycles. The lowest BCUT2D eigenvalue weighted by atomic mass is 10.1. The molecule has 0 bridgehead atoms. The first-order chi connectivity index (χ1) is 12.1. The van der Waals surface area contributed by atoms with E-state index in [1.165, 1.54) is 13.4 Å². The van der Waals surface area contributed by atoms with Crippen molar-refractivity contribution in [3.05, 3.63) is 42.5 Å². The molecule has 25 heavy (non-hydrogen) atoms. The molecule has 0 aliphatic carbocycles. The summed E-state index contributed by atoms with van der Waals surface area (Å²) in [4.78, 5) is 32.0. The van der Waals surface area contributed by atoms with Gasteiger partial charge < -0.3 is 14.5 Å². The highest BCUT2D eigenvalue weighted by molar-refractivity contribution is 5.89. The van der Waals surface area contributed by atoms with Crippen LogP contribution in [0.25, 0.3) is 0 Å². The van der Waals surface area contributed by atoms with E-state index in [9.17, 15) is 9.59 Å². The minimum Gasteiger partial charge on any atom is -0.465 e. The van der Waals surface area contributed by atoms with E-state index in [2.05, 4.69) is 15.0 Å². The Morgan fingerprint density at radius 2 is 1.80 bits per heavy atom. The van der Waals surface area contributed by atoms with Gasteiger partial charge in [0.25, 0.3) is 0 Å². The number of nitrogens with zero attached hydrogens (tertiary/aromatic N) is 5. The van der Waals surface area contributed by atoms with E-state index in [1.54, 1.807) is 23.1 Å². The van der Waals surface area contributed by atoms with E-state index in [4.69, 9.17) is 4.74 Å². The number of benzene rings is 1. The van der Waals surface area contributed by atoms with E-state index >= 15 is 0 Å². The normalized spacial score (nSPS) is 15.8. The van der Waals surface area contributed by atoms with Crippen molar-refractivity contribution in [1.29, 1.82) is 0 Å². The molecule has 0 N–H and O–H groups in total. The summed E-state index contributed by atoms with van der Waals surface area (Å²) in [7, 11) is 1.37. The largest absolute Gasteiger partial charge is 0.465 e. The van der Waals surface area contributed by atoms with E-state index in [0.717, 1.165) is 18.8 Å². The maximum Gasteiger partial charge on any atom is 0.337 e. The van der Waals surface area contributed by atoms with Gasteiger partial charge in [-0.2, -0.15) is 5.10 Å². The number of hydrogen-bond acceptors (Lipinski definition) is 6. The number of methoxy groups -OCH3 is 1. The fourth-order valence-electron chi connectivity index (χ4n) is 2.91. The lowest BCUT2D eigenvalue weighted by Gasteiger charge is -2.37. The molecular formula is C17H21N5O3. The van der Waals surface area contributed by atoms with Crippen molar-refractivity contribution in [3.8, 4) is 0 Å². The van der Waals surface area contributed by atoms with E-state index in [0.29, 0.717) is 18.7 Å². The highest BCUT2D eigenvalue weighted by Gasteiger charge is 2.26. The van der Waals surface area contributed by atoms with Crippen LogP contribution in [0, 0.1) is 0 Å². The maximum absolute atomic E-state index is 12.6. The van der Waals surface area contributed by atoms with Crippen molar-refractivity contribution in [3.63, 3.8) is 0 Å². The van der Waals surface area contributed by atoms with Crippen LogP contribution >= 0.6 is 0 Å². The summed E-state index contributed by atoms with van der Waals surface area (Å²) < 4.78 is 6.28. The summed E-state index contributed by atoms with van der Waals surface area (Å²) in [6.07, 6.45) is 2.99. The van der Waals surface area contributed by atoms with Gasteiger partial charge in [-0.05, 0) is 31.2 Å². The van der Waals surface area contributed by atoms with Crippen molar-refractivity contribution in [1.82, 2.24) is 19.7 Å². The van der Waals surface area contributed by atoms with E-state index in [1.807, 2.05) is 24.0 Å². The van der Waals surface area contributed by atoms with E-state index < -0.39 is 0 Å². The van der Waals surface area contributed by atoms with Crippen LogP contribution in [-0.4, -0.2) is 64.8 Å². The maximum atomic E-state index is 12.6. The molecule has 3 rings (SSSR count). The molecule has 1 fully saturated rings.